The summed E-state index contributed by atoms with van der Waals surface area (Å²) in [4.78, 5) is 43.4. The Morgan fingerprint density at radius 1 is 1.02 bits per heavy atom. The Balaban J connectivity index is 1.32. The summed E-state index contributed by atoms with van der Waals surface area (Å²) in [5.74, 6) is -0.215. The number of ether oxygens (including phenoxy) is 1. The molecule has 3 aromatic carbocycles. The average Bonchev–Trinajstić information content (AvgIpc) is 2.99. The third-order valence-electron chi connectivity index (χ3n) is 7.67. The molecule has 2 aliphatic rings. The molecule has 0 spiro atoms. The monoisotopic (exact) mass is 542 g/mol. The lowest BCUT2D eigenvalue weighted by Crippen LogP contribution is -2.49. The smallest absolute Gasteiger partial charge is 0.414 e. The van der Waals surface area contributed by atoms with E-state index in [9.17, 15) is 19.7 Å². The largest absolute Gasteiger partial charge is 0.444 e. The molecule has 0 unspecified atom stereocenters. The van der Waals surface area contributed by atoms with E-state index in [1.807, 2.05) is 59.5 Å². The van der Waals surface area contributed by atoms with E-state index in [0.717, 1.165) is 29.7 Å². The number of nitro benzene ring substituents is 1. The van der Waals surface area contributed by atoms with E-state index in [-0.39, 0.29) is 30.3 Å². The van der Waals surface area contributed by atoms with E-state index in [2.05, 4.69) is 6.92 Å². The van der Waals surface area contributed by atoms with Gasteiger partial charge >= 0.3 is 6.09 Å². The van der Waals surface area contributed by atoms with Crippen LogP contribution in [-0.2, 0) is 17.9 Å². The number of carbonyl (C=O) groups excluding carboxylic acids is 2. The number of para-hydroxylation sites is 1. The van der Waals surface area contributed by atoms with Gasteiger partial charge in [0.15, 0.2) is 0 Å². The van der Waals surface area contributed by atoms with Crippen molar-refractivity contribution in [2.75, 3.05) is 29.4 Å². The second-order valence-corrected chi connectivity index (χ2v) is 10.3. The van der Waals surface area contributed by atoms with E-state index in [4.69, 9.17) is 4.74 Å². The Kier molecular flexibility index (Phi) is 8.28. The highest BCUT2D eigenvalue weighted by Crippen LogP contribution is 2.35. The molecule has 0 saturated carbocycles. The number of amides is 2. The quantitative estimate of drug-likeness (QED) is 0.237. The first-order chi connectivity index (χ1) is 19.5. The first-order valence-electron chi connectivity index (χ1n) is 13.9. The number of hydrogen-bond acceptors (Lipinski definition) is 6. The first-order valence-corrected chi connectivity index (χ1v) is 13.9. The van der Waals surface area contributed by atoms with Gasteiger partial charge in [-0.2, -0.15) is 0 Å². The highest BCUT2D eigenvalue weighted by molar-refractivity contribution is 5.96. The Bertz CT molecular complexity index is 1370. The third kappa shape index (κ3) is 5.78. The summed E-state index contributed by atoms with van der Waals surface area (Å²) in [6, 6.07) is 22.2. The Hall–Kier alpha value is -4.40. The third-order valence-corrected chi connectivity index (χ3v) is 7.67. The number of rotatable bonds is 9. The fraction of sp³-hybridized carbons (Fsp3) is 0.355. The number of carbonyl (C=O) groups is 2. The number of anilines is 2. The van der Waals surface area contributed by atoms with E-state index < -0.39 is 4.92 Å². The van der Waals surface area contributed by atoms with Crippen molar-refractivity contribution in [2.24, 2.45) is 0 Å². The minimum Gasteiger partial charge on any atom is -0.444 e. The van der Waals surface area contributed by atoms with Crippen LogP contribution in [0.2, 0.25) is 0 Å². The summed E-state index contributed by atoms with van der Waals surface area (Å²) >= 11 is 0. The van der Waals surface area contributed by atoms with E-state index in [1.54, 1.807) is 21.9 Å². The van der Waals surface area contributed by atoms with Gasteiger partial charge in [0.25, 0.3) is 11.6 Å². The highest BCUT2D eigenvalue weighted by atomic mass is 16.6. The summed E-state index contributed by atoms with van der Waals surface area (Å²) < 4.78 is 5.40. The van der Waals surface area contributed by atoms with Crippen molar-refractivity contribution in [1.29, 1.82) is 0 Å². The zero-order valence-corrected chi connectivity index (χ0v) is 22.7. The van der Waals surface area contributed by atoms with Gasteiger partial charge < -0.3 is 14.5 Å². The van der Waals surface area contributed by atoms with Gasteiger partial charge in [-0.1, -0.05) is 61.9 Å². The molecule has 0 bridgehead atoms. The van der Waals surface area contributed by atoms with E-state index in [1.165, 1.54) is 6.07 Å². The Morgan fingerprint density at radius 2 is 1.75 bits per heavy atom. The molecule has 40 heavy (non-hydrogen) atoms. The minimum absolute atomic E-state index is 0.0600. The molecule has 0 aromatic heterocycles. The molecule has 2 heterocycles. The first kappa shape index (κ1) is 27.2. The minimum atomic E-state index is -0.413. The second-order valence-electron chi connectivity index (χ2n) is 10.3. The van der Waals surface area contributed by atoms with Gasteiger partial charge in [0, 0.05) is 49.4 Å². The maximum Gasteiger partial charge on any atom is 0.414 e. The van der Waals surface area contributed by atoms with Gasteiger partial charge in [-0.05, 0) is 43.0 Å². The Morgan fingerprint density at radius 3 is 2.48 bits per heavy atom. The number of benzene rings is 3. The van der Waals surface area contributed by atoms with Crippen LogP contribution in [0.1, 0.15) is 54.1 Å². The molecule has 0 radical (unpaired) electrons. The summed E-state index contributed by atoms with van der Waals surface area (Å²) in [5, 5.41) is 12.1. The molecule has 208 valence electrons. The van der Waals surface area contributed by atoms with Crippen LogP contribution in [0.25, 0.3) is 0 Å². The summed E-state index contributed by atoms with van der Waals surface area (Å²) in [6.45, 7) is 4.45. The average molecular weight is 543 g/mol. The predicted octanol–water partition coefficient (Wildman–Crippen LogP) is 6.16. The molecular formula is C31H34N4O5. The van der Waals surface area contributed by atoms with Gasteiger partial charge in [0.05, 0.1) is 10.6 Å². The number of piperidine rings is 1. The number of fused-ring (bicyclic) bond motifs is 1. The van der Waals surface area contributed by atoms with Gasteiger partial charge in [0.2, 0.25) is 0 Å². The molecule has 0 N–H and O–H groups in total. The number of cyclic esters (lactones) is 1. The predicted molar refractivity (Wildman–Crippen MR) is 154 cm³/mol. The van der Waals surface area contributed by atoms with Gasteiger partial charge in [-0.3, -0.25) is 19.8 Å². The van der Waals surface area contributed by atoms with E-state index in [0.29, 0.717) is 50.3 Å². The number of hydrogen-bond donors (Lipinski definition) is 0. The molecule has 0 atom stereocenters. The van der Waals surface area contributed by atoms with Crippen LogP contribution in [0.4, 0.5) is 21.9 Å². The van der Waals surface area contributed by atoms with Crippen LogP contribution in [-0.4, -0.2) is 47.5 Å². The van der Waals surface area contributed by atoms with Crippen LogP contribution in [0.5, 0.6) is 0 Å². The van der Waals surface area contributed by atoms with E-state index >= 15 is 0 Å². The van der Waals surface area contributed by atoms with Crippen LogP contribution in [0, 0.1) is 10.1 Å². The zero-order chi connectivity index (χ0) is 28.1. The molecule has 9 heteroatoms. The van der Waals surface area contributed by atoms with Crippen molar-refractivity contribution in [3.05, 3.63) is 99.6 Å². The molecule has 9 nitrogen and oxygen atoms in total. The van der Waals surface area contributed by atoms with Gasteiger partial charge in [0.1, 0.15) is 12.3 Å². The molecule has 2 aliphatic heterocycles. The SMILES string of the molecule is CCCCN(Cc1ccccc1)C(=O)c1ccc(N2CCC(N3C(=O)OCc4ccccc43)CC2)c([N+](=O)[O-])c1. The van der Waals surface area contributed by atoms with Crippen molar-refractivity contribution < 1.29 is 19.2 Å². The number of nitrogens with zero attached hydrogens (tertiary/aromatic N) is 4. The summed E-state index contributed by atoms with van der Waals surface area (Å²) in [6.07, 6.45) is 2.72. The van der Waals surface area contributed by atoms with Crippen molar-refractivity contribution in [1.82, 2.24) is 4.90 Å². The van der Waals surface area contributed by atoms with Crippen LogP contribution < -0.4 is 9.80 Å². The lowest BCUT2D eigenvalue weighted by Gasteiger charge is -2.40. The topological polar surface area (TPSA) is 96.2 Å². The highest BCUT2D eigenvalue weighted by Gasteiger charge is 2.35. The van der Waals surface area contributed by atoms with Crippen LogP contribution in [0.15, 0.2) is 72.8 Å². The van der Waals surface area contributed by atoms with Crippen LogP contribution in [0.3, 0.4) is 0 Å². The molecule has 2 amide bonds. The molecule has 3 aromatic rings. The van der Waals surface area contributed by atoms with Crippen molar-refractivity contribution in [3.8, 4) is 0 Å². The van der Waals surface area contributed by atoms with Crippen molar-refractivity contribution in [3.63, 3.8) is 0 Å². The van der Waals surface area contributed by atoms with Crippen molar-refractivity contribution in [2.45, 2.75) is 51.8 Å². The fourth-order valence-electron chi connectivity index (χ4n) is 5.54. The Labute approximate surface area is 234 Å². The zero-order valence-electron chi connectivity index (χ0n) is 22.7. The van der Waals surface area contributed by atoms with Crippen LogP contribution >= 0.6 is 0 Å². The lowest BCUT2D eigenvalue weighted by molar-refractivity contribution is -0.384. The molecule has 0 aliphatic carbocycles. The lowest BCUT2D eigenvalue weighted by atomic mass is 9.99. The summed E-state index contributed by atoms with van der Waals surface area (Å²) in [7, 11) is 0. The molecular weight excluding hydrogens is 508 g/mol. The van der Waals surface area contributed by atoms with Gasteiger partial charge in [-0.25, -0.2) is 4.79 Å². The molecule has 1 fully saturated rings. The van der Waals surface area contributed by atoms with Crippen molar-refractivity contribution >= 4 is 29.1 Å². The number of unbranched alkanes of at least 4 members (excludes halogenated alkanes) is 1. The maximum absolute atomic E-state index is 13.5. The molecule has 5 rings (SSSR count). The normalized spacial score (nSPS) is 15.4. The fourth-order valence-corrected chi connectivity index (χ4v) is 5.54. The second kappa shape index (κ2) is 12.2. The van der Waals surface area contributed by atoms with Gasteiger partial charge in [-0.15, -0.1) is 0 Å². The standard InChI is InChI=1S/C31H34N4O5/c1-2-3-17-33(21-23-9-5-4-6-10-23)30(36)24-13-14-28(29(20-24)35(38)39)32-18-15-26(16-19-32)34-27-12-8-7-11-25(27)22-40-31(34)37/h4-14,20,26H,2-3,15-19,21-22H2,1H3. The number of nitro groups is 1. The molecule has 1 saturated heterocycles. The summed E-state index contributed by atoms with van der Waals surface area (Å²) in [5.41, 5.74) is 3.58. The maximum atomic E-state index is 13.5.